The molecular formula is C27H29N3O4. The molecule has 0 radical (unpaired) electrons. The molecule has 0 unspecified atom stereocenters. The van der Waals surface area contributed by atoms with Gasteiger partial charge in [-0.25, -0.2) is 9.48 Å². The third-order valence-corrected chi connectivity index (χ3v) is 6.01. The maximum absolute atomic E-state index is 13.5. The van der Waals surface area contributed by atoms with Crippen LogP contribution in [-0.2, 0) is 16.1 Å². The molecule has 4 rings (SSSR count). The number of hydrogen-bond acceptors (Lipinski definition) is 5. The molecule has 0 bridgehead atoms. The van der Waals surface area contributed by atoms with Crippen molar-refractivity contribution in [2.24, 2.45) is 0 Å². The number of carbonyl (C=O) groups excluding carboxylic acids is 2. The molecule has 1 aliphatic carbocycles. The Morgan fingerprint density at radius 3 is 2.21 bits per heavy atom. The minimum Gasteiger partial charge on any atom is -0.462 e. The predicted molar refractivity (Wildman–Crippen MR) is 130 cm³/mol. The molecule has 1 aromatic heterocycles. The van der Waals surface area contributed by atoms with E-state index in [0.717, 1.165) is 35.9 Å². The third-order valence-electron chi connectivity index (χ3n) is 6.01. The highest BCUT2D eigenvalue weighted by Crippen LogP contribution is 2.32. The van der Waals surface area contributed by atoms with Gasteiger partial charge in [0.05, 0.1) is 12.3 Å². The van der Waals surface area contributed by atoms with Gasteiger partial charge < -0.3 is 10.1 Å². The summed E-state index contributed by atoms with van der Waals surface area (Å²) in [5.41, 5.74) is 1.49. The Balaban J connectivity index is 1.84. The molecule has 0 atom stereocenters. The topological polar surface area (TPSA) is 90.3 Å². The minimum atomic E-state index is -0.729. The van der Waals surface area contributed by atoms with E-state index in [2.05, 4.69) is 10.4 Å². The summed E-state index contributed by atoms with van der Waals surface area (Å²) in [5.74, 6) is -1.02. The summed E-state index contributed by atoms with van der Waals surface area (Å²) in [6, 6.07) is 18.6. The van der Waals surface area contributed by atoms with Gasteiger partial charge in [-0.15, -0.1) is 0 Å². The molecule has 2 aromatic carbocycles. The van der Waals surface area contributed by atoms with E-state index < -0.39 is 11.5 Å². The smallest absolute Gasteiger partial charge is 0.344 e. The Kier molecular flexibility index (Phi) is 7.52. The lowest BCUT2D eigenvalue weighted by Gasteiger charge is -2.23. The van der Waals surface area contributed by atoms with Crippen LogP contribution in [0.4, 0.5) is 0 Å². The molecule has 34 heavy (non-hydrogen) atoms. The maximum Gasteiger partial charge on any atom is 0.344 e. The number of nitrogens with one attached hydrogen (secondary N) is 1. The lowest BCUT2D eigenvalue weighted by molar-refractivity contribution is -0.122. The van der Waals surface area contributed by atoms with Crippen molar-refractivity contribution in [1.29, 1.82) is 0 Å². The van der Waals surface area contributed by atoms with Gasteiger partial charge in [-0.1, -0.05) is 79.9 Å². The summed E-state index contributed by atoms with van der Waals surface area (Å²) >= 11 is 0. The fraction of sp³-hybridized carbons (Fsp3) is 0.333. The predicted octanol–water partition coefficient (Wildman–Crippen LogP) is 4.20. The lowest BCUT2D eigenvalue weighted by atomic mass is 9.95. The van der Waals surface area contributed by atoms with Gasteiger partial charge in [0.15, 0.2) is 0 Å². The fourth-order valence-corrected chi connectivity index (χ4v) is 4.41. The van der Waals surface area contributed by atoms with Crippen LogP contribution < -0.4 is 10.9 Å². The van der Waals surface area contributed by atoms with Gasteiger partial charge in [0.2, 0.25) is 5.91 Å². The zero-order valence-corrected chi connectivity index (χ0v) is 19.3. The first kappa shape index (κ1) is 23.4. The standard InChI is InChI=1S/C27H29N3O4/c1-2-34-27(33)24-23(19-12-6-3-7-13-19)25(20-14-8-4-9-15-20)29-30(26(24)32)18-22(31)28-21-16-10-5-11-17-21/h3-4,6-9,12-15,21H,2,5,10-11,16-18H2,1H3,(H,28,31). The second-order valence-corrected chi connectivity index (χ2v) is 8.42. The quantitative estimate of drug-likeness (QED) is 0.535. The van der Waals surface area contributed by atoms with Crippen LogP contribution in [0.1, 0.15) is 49.4 Å². The number of rotatable bonds is 7. The van der Waals surface area contributed by atoms with Gasteiger partial charge in [-0.3, -0.25) is 9.59 Å². The van der Waals surface area contributed by atoms with Crippen LogP contribution in [0.3, 0.4) is 0 Å². The summed E-state index contributed by atoms with van der Waals surface area (Å²) in [4.78, 5) is 39.4. The number of esters is 1. The van der Waals surface area contributed by atoms with Gasteiger partial charge in [0.25, 0.3) is 5.56 Å². The highest BCUT2D eigenvalue weighted by molar-refractivity contribution is 6.00. The van der Waals surface area contributed by atoms with Crippen molar-refractivity contribution in [3.8, 4) is 22.4 Å². The molecule has 7 heteroatoms. The molecule has 1 amide bonds. The third kappa shape index (κ3) is 5.25. The molecule has 0 saturated heterocycles. The second-order valence-electron chi connectivity index (χ2n) is 8.42. The second kappa shape index (κ2) is 10.9. The van der Waals surface area contributed by atoms with Crippen molar-refractivity contribution < 1.29 is 14.3 Å². The molecule has 7 nitrogen and oxygen atoms in total. The van der Waals surface area contributed by atoms with E-state index in [-0.39, 0.29) is 30.7 Å². The molecule has 176 valence electrons. The van der Waals surface area contributed by atoms with Crippen LogP contribution in [0.5, 0.6) is 0 Å². The Hall–Kier alpha value is -3.74. The zero-order valence-electron chi connectivity index (χ0n) is 19.3. The van der Waals surface area contributed by atoms with E-state index in [9.17, 15) is 14.4 Å². The van der Waals surface area contributed by atoms with Crippen molar-refractivity contribution >= 4 is 11.9 Å². The van der Waals surface area contributed by atoms with E-state index in [0.29, 0.717) is 16.8 Å². The summed E-state index contributed by atoms with van der Waals surface area (Å²) in [6.07, 6.45) is 5.21. The highest BCUT2D eigenvalue weighted by Gasteiger charge is 2.27. The van der Waals surface area contributed by atoms with Crippen molar-refractivity contribution in [1.82, 2.24) is 15.1 Å². The summed E-state index contributed by atoms with van der Waals surface area (Å²) in [5, 5.41) is 7.61. The van der Waals surface area contributed by atoms with Crippen LogP contribution in [-0.4, -0.2) is 34.3 Å². The zero-order chi connectivity index (χ0) is 23.9. The van der Waals surface area contributed by atoms with Crippen LogP contribution in [0.15, 0.2) is 65.5 Å². The Labute approximate surface area is 198 Å². The minimum absolute atomic E-state index is 0.110. The fourth-order valence-electron chi connectivity index (χ4n) is 4.41. The van der Waals surface area contributed by atoms with Gasteiger partial charge in [-0.05, 0) is 25.3 Å². The molecule has 3 aromatic rings. The monoisotopic (exact) mass is 459 g/mol. The first-order valence-electron chi connectivity index (χ1n) is 11.8. The number of nitrogens with zero attached hydrogens (tertiary/aromatic N) is 2. The normalized spacial score (nSPS) is 13.9. The van der Waals surface area contributed by atoms with Gasteiger partial charge >= 0.3 is 5.97 Å². The Morgan fingerprint density at radius 1 is 0.971 bits per heavy atom. The van der Waals surface area contributed by atoms with Crippen molar-refractivity contribution in [3.63, 3.8) is 0 Å². The largest absolute Gasteiger partial charge is 0.462 e. The summed E-state index contributed by atoms with van der Waals surface area (Å²) < 4.78 is 6.35. The van der Waals surface area contributed by atoms with Crippen LogP contribution in [0, 0.1) is 0 Å². The molecule has 1 heterocycles. The molecule has 0 aliphatic heterocycles. The number of ether oxygens (including phenoxy) is 1. The molecule has 1 aliphatic rings. The number of amides is 1. The molecule has 0 spiro atoms. The Bertz CT molecular complexity index is 1200. The van der Waals surface area contributed by atoms with E-state index >= 15 is 0 Å². The number of aromatic nitrogens is 2. The SMILES string of the molecule is CCOC(=O)c1c(-c2ccccc2)c(-c2ccccc2)nn(CC(=O)NC2CCCCC2)c1=O. The van der Waals surface area contributed by atoms with Crippen LogP contribution in [0.2, 0.25) is 0 Å². The molecule has 1 fully saturated rings. The van der Waals surface area contributed by atoms with Crippen molar-refractivity contribution in [3.05, 3.63) is 76.6 Å². The van der Waals surface area contributed by atoms with E-state index in [1.54, 1.807) is 6.92 Å². The Morgan fingerprint density at radius 2 is 1.59 bits per heavy atom. The van der Waals surface area contributed by atoms with E-state index in [1.165, 1.54) is 6.42 Å². The average molecular weight is 460 g/mol. The summed E-state index contributed by atoms with van der Waals surface area (Å²) in [7, 11) is 0. The van der Waals surface area contributed by atoms with Crippen molar-refractivity contribution in [2.45, 2.75) is 51.6 Å². The molecule has 1 saturated carbocycles. The molecule has 1 N–H and O–H groups in total. The van der Waals surface area contributed by atoms with Crippen LogP contribution in [0.25, 0.3) is 22.4 Å². The first-order chi connectivity index (χ1) is 16.6. The maximum atomic E-state index is 13.5. The van der Waals surface area contributed by atoms with Gasteiger partial charge in [0.1, 0.15) is 12.1 Å². The van der Waals surface area contributed by atoms with E-state index in [4.69, 9.17) is 4.74 Å². The van der Waals surface area contributed by atoms with Crippen molar-refractivity contribution in [2.75, 3.05) is 6.61 Å². The van der Waals surface area contributed by atoms with Gasteiger partial charge in [-0.2, -0.15) is 5.10 Å². The van der Waals surface area contributed by atoms with Crippen LogP contribution >= 0.6 is 0 Å². The first-order valence-corrected chi connectivity index (χ1v) is 11.8. The van der Waals surface area contributed by atoms with Gasteiger partial charge in [0, 0.05) is 17.2 Å². The number of hydrogen-bond donors (Lipinski definition) is 1. The number of carbonyl (C=O) groups is 2. The number of benzene rings is 2. The average Bonchev–Trinajstić information content (AvgIpc) is 2.86. The lowest BCUT2D eigenvalue weighted by Crippen LogP contribution is -2.41. The van der Waals surface area contributed by atoms with E-state index in [1.807, 2.05) is 60.7 Å². The summed E-state index contributed by atoms with van der Waals surface area (Å²) in [6.45, 7) is 1.55. The molecular weight excluding hydrogens is 430 g/mol. The highest BCUT2D eigenvalue weighted by atomic mass is 16.5.